The first-order valence-corrected chi connectivity index (χ1v) is 11.1. The largest absolute Gasteiger partial charge is 0.502 e. The molecule has 2 aromatic rings. The van der Waals surface area contributed by atoms with Gasteiger partial charge in [0.05, 0.1) is 0 Å². The number of nitrogens with one attached hydrogen (secondary N) is 2. The van der Waals surface area contributed by atoms with Crippen molar-refractivity contribution < 1.29 is 24.1 Å². The van der Waals surface area contributed by atoms with Gasteiger partial charge in [0.1, 0.15) is 23.7 Å². The second kappa shape index (κ2) is 9.48. The van der Waals surface area contributed by atoms with Gasteiger partial charge in [-0.15, -0.1) is 11.6 Å². The second-order valence-corrected chi connectivity index (χ2v) is 8.51. The van der Waals surface area contributed by atoms with Crippen LogP contribution in [0.2, 0.25) is 0 Å². The molecule has 2 heterocycles. The van der Waals surface area contributed by atoms with Crippen LogP contribution in [0.4, 0.5) is 4.79 Å². The summed E-state index contributed by atoms with van der Waals surface area (Å²) < 4.78 is 16.3. The highest BCUT2D eigenvalue weighted by molar-refractivity contribution is 6.18. The molecule has 10 heteroatoms. The molecule has 2 atom stereocenters. The number of aromatic nitrogens is 2. The Morgan fingerprint density at radius 2 is 2.12 bits per heavy atom. The smallest absolute Gasteiger partial charge is 0.408 e. The molecule has 1 aromatic heterocycles. The van der Waals surface area contributed by atoms with Crippen molar-refractivity contribution in [2.45, 2.75) is 57.3 Å². The van der Waals surface area contributed by atoms with E-state index in [0.29, 0.717) is 18.7 Å². The zero-order chi connectivity index (χ0) is 22.7. The number of hydrogen-bond acceptors (Lipinski definition) is 7. The molecule has 2 unspecified atom stereocenters. The minimum Gasteiger partial charge on any atom is -0.502 e. The number of nitrogens with zero attached hydrogens (tertiary/aromatic N) is 1. The van der Waals surface area contributed by atoms with Crippen molar-refractivity contribution in [2.75, 3.05) is 5.88 Å². The highest BCUT2D eigenvalue weighted by Crippen LogP contribution is 2.41. The summed E-state index contributed by atoms with van der Waals surface area (Å²) in [7, 11) is 0. The van der Waals surface area contributed by atoms with Gasteiger partial charge in [-0.3, -0.25) is 4.79 Å². The molecule has 172 valence electrons. The van der Waals surface area contributed by atoms with E-state index in [2.05, 4.69) is 15.3 Å². The summed E-state index contributed by atoms with van der Waals surface area (Å²) in [4.78, 5) is 32.3. The molecule has 1 saturated carbocycles. The van der Waals surface area contributed by atoms with Crippen LogP contribution in [-0.2, 0) is 26.4 Å². The maximum Gasteiger partial charge on any atom is 0.408 e. The molecular weight excluding hydrogens is 438 g/mol. The van der Waals surface area contributed by atoms with Crippen molar-refractivity contribution in [3.8, 4) is 5.75 Å². The number of carbonyl (C=O) groups excluding carboxylic acids is 1. The van der Waals surface area contributed by atoms with E-state index in [9.17, 15) is 14.7 Å². The summed E-state index contributed by atoms with van der Waals surface area (Å²) in [6.45, 7) is 1.80. The summed E-state index contributed by atoms with van der Waals surface area (Å²) in [5, 5.41) is 13.1. The first kappa shape index (κ1) is 22.6. The minimum atomic E-state index is -1.01. The number of hydrogen-bond donors (Lipinski definition) is 3. The Hall–Kier alpha value is -2.62. The SMILES string of the molecule is CC1OC(c2nc(C3(NC(=O)OCc4ccccc4)CCCC(CCl)C3)[nH]c(=O)c2O)O1. The summed E-state index contributed by atoms with van der Waals surface area (Å²) in [5.41, 5.74) is -0.911. The molecule has 1 aliphatic heterocycles. The lowest BCUT2D eigenvalue weighted by Gasteiger charge is -2.40. The van der Waals surface area contributed by atoms with Crippen molar-refractivity contribution in [2.24, 2.45) is 5.92 Å². The highest BCUT2D eigenvalue weighted by Gasteiger charge is 2.43. The Balaban J connectivity index is 1.62. The molecular formula is C22H26ClN3O6. The van der Waals surface area contributed by atoms with Crippen molar-refractivity contribution in [3.05, 3.63) is 57.8 Å². The lowest BCUT2D eigenvalue weighted by molar-refractivity contribution is -0.384. The number of ether oxygens (including phenoxy) is 3. The third-order valence-corrected chi connectivity index (χ3v) is 6.29. The zero-order valence-corrected chi connectivity index (χ0v) is 18.4. The highest BCUT2D eigenvalue weighted by atomic mass is 35.5. The lowest BCUT2D eigenvalue weighted by Crippen LogP contribution is -2.51. The molecule has 2 aliphatic rings. The van der Waals surface area contributed by atoms with E-state index >= 15 is 0 Å². The maximum atomic E-state index is 12.8. The third-order valence-electron chi connectivity index (χ3n) is 5.85. The topological polar surface area (TPSA) is 123 Å². The Bertz CT molecular complexity index is 1010. The lowest BCUT2D eigenvalue weighted by atomic mass is 9.75. The van der Waals surface area contributed by atoms with Gasteiger partial charge in [0.25, 0.3) is 5.56 Å². The summed E-state index contributed by atoms with van der Waals surface area (Å²) in [6.07, 6.45) is 0.618. The number of amides is 1. The molecule has 0 radical (unpaired) electrons. The molecule has 1 aromatic carbocycles. The van der Waals surface area contributed by atoms with Gasteiger partial charge in [0.15, 0.2) is 6.29 Å². The van der Waals surface area contributed by atoms with Gasteiger partial charge in [-0.25, -0.2) is 9.78 Å². The van der Waals surface area contributed by atoms with Crippen LogP contribution >= 0.6 is 11.6 Å². The Labute approximate surface area is 190 Å². The number of alkyl halides is 1. The van der Waals surface area contributed by atoms with E-state index < -0.39 is 35.5 Å². The quantitative estimate of drug-likeness (QED) is 0.561. The fourth-order valence-corrected chi connectivity index (χ4v) is 4.49. The molecule has 0 bridgehead atoms. The molecule has 1 aliphatic carbocycles. The molecule has 2 fully saturated rings. The first-order valence-electron chi connectivity index (χ1n) is 10.6. The van der Waals surface area contributed by atoms with E-state index in [0.717, 1.165) is 18.4 Å². The van der Waals surface area contributed by atoms with Gasteiger partial charge in [0.2, 0.25) is 12.0 Å². The van der Waals surface area contributed by atoms with Gasteiger partial charge >= 0.3 is 6.09 Å². The van der Waals surface area contributed by atoms with Crippen LogP contribution in [0.3, 0.4) is 0 Å². The average Bonchev–Trinajstić information content (AvgIpc) is 2.78. The van der Waals surface area contributed by atoms with Gasteiger partial charge < -0.3 is 29.6 Å². The number of alkyl carbamates (subject to hydrolysis) is 1. The number of halogens is 1. The summed E-state index contributed by atoms with van der Waals surface area (Å²) in [6, 6.07) is 9.33. The van der Waals surface area contributed by atoms with Crippen LogP contribution in [0, 0.1) is 5.92 Å². The van der Waals surface area contributed by atoms with Crippen molar-refractivity contribution in [3.63, 3.8) is 0 Å². The summed E-state index contributed by atoms with van der Waals surface area (Å²) >= 11 is 6.14. The fraction of sp³-hybridized carbons (Fsp3) is 0.500. The Morgan fingerprint density at radius 1 is 1.38 bits per heavy atom. The predicted octanol–water partition coefficient (Wildman–Crippen LogP) is 3.42. The summed E-state index contributed by atoms with van der Waals surface area (Å²) in [5.74, 6) is 0.161. The van der Waals surface area contributed by atoms with Crippen LogP contribution < -0.4 is 10.9 Å². The molecule has 9 nitrogen and oxygen atoms in total. The number of H-pyrrole nitrogens is 1. The standard InChI is InChI=1S/C22H26ClN3O6/c1-13-31-19(32-13)16-17(27)18(28)25-20(24-16)22(9-5-8-15(10-22)11-23)26-21(29)30-12-14-6-3-2-4-7-14/h2-4,6-7,13,15,19,27H,5,8-12H2,1H3,(H,26,29)(H,24,25,28). The molecule has 3 N–H and O–H groups in total. The van der Waals surface area contributed by atoms with E-state index in [4.69, 9.17) is 25.8 Å². The monoisotopic (exact) mass is 463 g/mol. The fourth-order valence-electron chi connectivity index (χ4n) is 4.23. The molecule has 1 amide bonds. The van der Waals surface area contributed by atoms with Gasteiger partial charge in [-0.2, -0.15) is 0 Å². The van der Waals surface area contributed by atoms with E-state index in [-0.39, 0.29) is 24.0 Å². The molecule has 1 saturated heterocycles. The van der Waals surface area contributed by atoms with Crippen molar-refractivity contribution in [1.82, 2.24) is 15.3 Å². The van der Waals surface area contributed by atoms with E-state index in [1.54, 1.807) is 6.92 Å². The second-order valence-electron chi connectivity index (χ2n) is 8.21. The van der Waals surface area contributed by atoms with Crippen molar-refractivity contribution >= 4 is 17.7 Å². The number of aromatic amines is 1. The number of aromatic hydroxyl groups is 1. The third kappa shape index (κ3) is 4.74. The van der Waals surface area contributed by atoms with Gasteiger partial charge in [0, 0.05) is 5.88 Å². The van der Waals surface area contributed by atoms with Crippen LogP contribution in [0.5, 0.6) is 5.75 Å². The number of rotatable bonds is 6. The molecule has 4 rings (SSSR count). The van der Waals surface area contributed by atoms with Crippen LogP contribution in [0.1, 0.15) is 56.0 Å². The predicted molar refractivity (Wildman–Crippen MR) is 115 cm³/mol. The maximum absolute atomic E-state index is 12.8. The number of carbonyl (C=O) groups is 1. The average molecular weight is 464 g/mol. The van der Waals surface area contributed by atoms with Crippen LogP contribution in [0.15, 0.2) is 35.1 Å². The van der Waals surface area contributed by atoms with Crippen LogP contribution in [0.25, 0.3) is 0 Å². The van der Waals surface area contributed by atoms with Crippen molar-refractivity contribution in [1.29, 1.82) is 0 Å². The van der Waals surface area contributed by atoms with Gasteiger partial charge in [-0.05, 0) is 37.7 Å². The molecule has 0 spiro atoms. The van der Waals surface area contributed by atoms with E-state index in [1.165, 1.54) is 0 Å². The number of benzene rings is 1. The Morgan fingerprint density at radius 3 is 2.81 bits per heavy atom. The minimum absolute atomic E-state index is 0.0197. The normalized spacial score (nSPS) is 27.4. The zero-order valence-electron chi connectivity index (χ0n) is 17.7. The van der Waals surface area contributed by atoms with Crippen LogP contribution in [-0.4, -0.2) is 33.3 Å². The Kier molecular flexibility index (Phi) is 6.68. The first-order chi connectivity index (χ1) is 15.4. The van der Waals surface area contributed by atoms with E-state index in [1.807, 2.05) is 30.3 Å². The van der Waals surface area contributed by atoms with Gasteiger partial charge in [-0.1, -0.05) is 36.8 Å². The molecule has 32 heavy (non-hydrogen) atoms.